The Balaban J connectivity index is 1.54. The molecule has 2 aromatic rings. The van der Waals surface area contributed by atoms with Crippen molar-refractivity contribution in [3.05, 3.63) is 53.1 Å². The lowest BCUT2D eigenvalue weighted by Gasteiger charge is -2.21. The molecule has 0 spiro atoms. The summed E-state index contributed by atoms with van der Waals surface area (Å²) in [5.41, 5.74) is 1.97. The summed E-state index contributed by atoms with van der Waals surface area (Å²) < 4.78 is 38.4. The Hall–Kier alpha value is -2.58. The fourth-order valence-electron chi connectivity index (χ4n) is 3.77. The highest BCUT2D eigenvalue weighted by molar-refractivity contribution is 7.89. The van der Waals surface area contributed by atoms with Crippen LogP contribution in [0, 0.1) is 6.92 Å². The Labute approximate surface area is 177 Å². The number of nitrogens with zero attached hydrogens (tertiary/aromatic N) is 1. The molecule has 1 saturated heterocycles. The fourth-order valence-corrected chi connectivity index (χ4v) is 5.31. The molecule has 160 valence electrons. The minimum absolute atomic E-state index is 0.159. The van der Waals surface area contributed by atoms with Crippen molar-refractivity contribution < 1.29 is 22.7 Å². The van der Waals surface area contributed by atoms with E-state index in [0.29, 0.717) is 43.4 Å². The highest BCUT2D eigenvalue weighted by Gasteiger charge is 2.28. The molecule has 1 atom stereocenters. The first-order chi connectivity index (χ1) is 14.4. The van der Waals surface area contributed by atoms with Gasteiger partial charge in [-0.15, -0.1) is 0 Å². The van der Waals surface area contributed by atoms with Crippen molar-refractivity contribution >= 4 is 15.9 Å². The van der Waals surface area contributed by atoms with Gasteiger partial charge in [-0.05, 0) is 62.1 Å². The molecule has 0 unspecified atom stereocenters. The lowest BCUT2D eigenvalue weighted by Crippen LogP contribution is -2.30. The number of amides is 1. The summed E-state index contributed by atoms with van der Waals surface area (Å²) in [5, 5.41) is 2.96. The maximum Gasteiger partial charge on any atom is 0.252 e. The quantitative estimate of drug-likeness (QED) is 0.788. The second kappa shape index (κ2) is 8.28. The molecule has 1 amide bonds. The summed E-state index contributed by atoms with van der Waals surface area (Å²) in [4.78, 5) is 13.1. The van der Waals surface area contributed by atoms with Gasteiger partial charge in [0.1, 0.15) is 13.2 Å². The van der Waals surface area contributed by atoms with Crippen molar-refractivity contribution in [2.45, 2.75) is 37.6 Å². The molecule has 0 radical (unpaired) electrons. The number of hydrogen-bond acceptors (Lipinski definition) is 5. The van der Waals surface area contributed by atoms with Crippen molar-refractivity contribution in [1.82, 2.24) is 9.62 Å². The summed E-state index contributed by atoms with van der Waals surface area (Å²) in [6, 6.07) is 10.0. The summed E-state index contributed by atoms with van der Waals surface area (Å²) in [6.07, 6.45) is 1.73. The number of rotatable bonds is 5. The van der Waals surface area contributed by atoms with Gasteiger partial charge in [-0.1, -0.05) is 12.1 Å². The zero-order chi connectivity index (χ0) is 21.3. The van der Waals surface area contributed by atoms with Crippen LogP contribution in [0.3, 0.4) is 0 Å². The van der Waals surface area contributed by atoms with Gasteiger partial charge in [0.2, 0.25) is 10.0 Å². The number of fused-ring (bicyclic) bond motifs is 1. The monoisotopic (exact) mass is 430 g/mol. The van der Waals surface area contributed by atoms with Crippen LogP contribution < -0.4 is 14.8 Å². The van der Waals surface area contributed by atoms with Gasteiger partial charge in [-0.2, -0.15) is 4.31 Å². The summed E-state index contributed by atoms with van der Waals surface area (Å²) in [6.45, 7) is 5.75. The molecule has 0 saturated carbocycles. The van der Waals surface area contributed by atoms with Crippen molar-refractivity contribution in [3.63, 3.8) is 0 Å². The van der Waals surface area contributed by atoms with Crippen molar-refractivity contribution in [2.75, 3.05) is 26.3 Å². The smallest absolute Gasteiger partial charge is 0.252 e. The maximum atomic E-state index is 13.0. The van der Waals surface area contributed by atoms with Gasteiger partial charge in [-0.25, -0.2) is 8.42 Å². The average Bonchev–Trinajstić information content (AvgIpc) is 3.29. The molecule has 30 heavy (non-hydrogen) atoms. The van der Waals surface area contributed by atoms with E-state index >= 15 is 0 Å². The van der Waals surface area contributed by atoms with Crippen LogP contribution in [0.5, 0.6) is 11.5 Å². The number of sulfonamides is 1. The summed E-state index contributed by atoms with van der Waals surface area (Å²) >= 11 is 0. The van der Waals surface area contributed by atoms with Crippen molar-refractivity contribution in [3.8, 4) is 11.5 Å². The highest BCUT2D eigenvalue weighted by Crippen LogP contribution is 2.32. The molecule has 2 aliphatic rings. The van der Waals surface area contributed by atoms with Gasteiger partial charge in [-0.3, -0.25) is 4.79 Å². The predicted molar refractivity (Wildman–Crippen MR) is 112 cm³/mol. The highest BCUT2D eigenvalue weighted by atomic mass is 32.2. The number of nitrogens with one attached hydrogen (secondary N) is 1. The molecule has 2 aliphatic heterocycles. The van der Waals surface area contributed by atoms with Crippen molar-refractivity contribution in [2.24, 2.45) is 0 Å². The molecular formula is C22H26N2O5S. The van der Waals surface area contributed by atoms with Crippen LogP contribution in [-0.4, -0.2) is 44.9 Å². The summed E-state index contributed by atoms with van der Waals surface area (Å²) in [7, 11) is -3.58. The second-order valence-corrected chi connectivity index (χ2v) is 9.62. The minimum Gasteiger partial charge on any atom is -0.486 e. The van der Waals surface area contributed by atoms with E-state index in [0.717, 1.165) is 24.0 Å². The topological polar surface area (TPSA) is 84.9 Å². The van der Waals surface area contributed by atoms with E-state index in [-0.39, 0.29) is 16.8 Å². The first kappa shape index (κ1) is 20.7. The van der Waals surface area contributed by atoms with Gasteiger partial charge in [0, 0.05) is 18.7 Å². The fraction of sp³-hybridized carbons (Fsp3) is 0.409. The number of ether oxygens (including phenoxy) is 2. The van der Waals surface area contributed by atoms with E-state index in [1.165, 1.54) is 10.4 Å². The Kier molecular flexibility index (Phi) is 5.71. The number of benzene rings is 2. The minimum atomic E-state index is -3.58. The van der Waals surface area contributed by atoms with Gasteiger partial charge in [0.25, 0.3) is 5.91 Å². The van der Waals surface area contributed by atoms with Gasteiger partial charge in [0.15, 0.2) is 11.5 Å². The molecular weight excluding hydrogens is 404 g/mol. The summed E-state index contributed by atoms with van der Waals surface area (Å²) in [5.74, 6) is 1.04. The standard InChI is InChI=1S/C22H26N2O5S/c1-15-5-7-18(30(26,27)24-9-3-4-10-24)14-19(15)22(25)23-16(2)17-6-8-20-21(13-17)29-12-11-28-20/h5-8,13-14,16H,3-4,9-12H2,1-2H3,(H,23,25)/t16-/m1/s1. The molecule has 7 nitrogen and oxygen atoms in total. The third-order valence-electron chi connectivity index (χ3n) is 5.57. The van der Waals surface area contributed by atoms with Crippen LogP contribution in [0.15, 0.2) is 41.3 Å². The predicted octanol–water partition coefficient (Wildman–Crippen LogP) is 3.04. The van der Waals surface area contributed by atoms with Crippen LogP contribution in [0.25, 0.3) is 0 Å². The van der Waals surface area contributed by atoms with E-state index in [1.807, 2.05) is 25.1 Å². The van der Waals surface area contributed by atoms with Gasteiger partial charge >= 0.3 is 0 Å². The van der Waals surface area contributed by atoms with Crippen LogP contribution in [0.1, 0.15) is 47.3 Å². The number of carbonyl (C=O) groups is 1. The van der Waals surface area contributed by atoms with Gasteiger partial charge in [0.05, 0.1) is 10.9 Å². The molecule has 2 heterocycles. The lowest BCUT2D eigenvalue weighted by atomic mass is 10.0. The Morgan fingerprint density at radius 3 is 2.47 bits per heavy atom. The van der Waals surface area contributed by atoms with E-state index in [9.17, 15) is 13.2 Å². The normalized spacial score (nSPS) is 17.5. The molecule has 1 fully saturated rings. The first-order valence-corrected chi connectivity index (χ1v) is 11.6. The number of carbonyl (C=O) groups excluding carboxylic acids is 1. The largest absolute Gasteiger partial charge is 0.486 e. The van der Waals surface area contributed by atoms with Crippen LogP contribution in [-0.2, 0) is 10.0 Å². The molecule has 0 aromatic heterocycles. The van der Waals surface area contributed by atoms with E-state index in [4.69, 9.17) is 9.47 Å². The Bertz CT molecular complexity index is 1060. The average molecular weight is 431 g/mol. The van der Waals surface area contributed by atoms with E-state index in [2.05, 4.69) is 5.32 Å². The molecule has 1 N–H and O–H groups in total. The molecule has 0 bridgehead atoms. The van der Waals surface area contributed by atoms with E-state index < -0.39 is 10.0 Å². The van der Waals surface area contributed by atoms with Crippen molar-refractivity contribution in [1.29, 1.82) is 0 Å². The van der Waals surface area contributed by atoms with Gasteiger partial charge < -0.3 is 14.8 Å². The van der Waals surface area contributed by atoms with Crippen LogP contribution >= 0.6 is 0 Å². The molecule has 2 aromatic carbocycles. The maximum absolute atomic E-state index is 13.0. The lowest BCUT2D eigenvalue weighted by molar-refractivity contribution is 0.0939. The Morgan fingerprint density at radius 1 is 1.03 bits per heavy atom. The first-order valence-electron chi connectivity index (χ1n) is 10.2. The third-order valence-corrected chi connectivity index (χ3v) is 7.46. The SMILES string of the molecule is Cc1ccc(S(=O)(=O)N2CCCC2)cc1C(=O)N[C@H](C)c1ccc2c(c1)OCCO2. The third kappa shape index (κ3) is 4.02. The second-order valence-electron chi connectivity index (χ2n) is 7.69. The number of hydrogen-bond donors (Lipinski definition) is 1. The van der Waals surface area contributed by atoms with E-state index in [1.54, 1.807) is 19.1 Å². The van der Waals surface area contributed by atoms with Crippen LogP contribution in [0.4, 0.5) is 0 Å². The zero-order valence-electron chi connectivity index (χ0n) is 17.2. The molecule has 0 aliphatic carbocycles. The van der Waals surface area contributed by atoms with Crippen LogP contribution in [0.2, 0.25) is 0 Å². The zero-order valence-corrected chi connectivity index (χ0v) is 18.0. The Morgan fingerprint density at radius 2 is 1.73 bits per heavy atom. The molecule has 8 heteroatoms. The number of aryl methyl sites for hydroxylation is 1. The molecule has 4 rings (SSSR count).